The van der Waals surface area contributed by atoms with Crippen molar-refractivity contribution >= 4 is 18.0 Å². The van der Waals surface area contributed by atoms with Gasteiger partial charge in [-0.3, -0.25) is 4.79 Å². The number of esters is 1. The van der Waals surface area contributed by atoms with Gasteiger partial charge in [-0.25, -0.2) is 4.79 Å². The van der Waals surface area contributed by atoms with E-state index in [0.29, 0.717) is 16.7 Å². The topological polar surface area (TPSA) is 55.4 Å². The normalized spacial score (nSPS) is 11.4. The van der Waals surface area contributed by atoms with Crippen LogP contribution in [0.25, 0.3) is 6.08 Å². The average Bonchev–Trinajstić information content (AvgIpc) is 2.64. The number of alkyl halides is 3. The molecule has 0 aromatic heterocycles. The Morgan fingerprint density at radius 2 is 1.65 bits per heavy atom. The molecule has 0 aliphatic heterocycles. The Hall–Kier alpha value is -3.09. The zero-order valence-corrected chi connectivity index (χ0v) is 13.8. The summed E-state index contributed by atoms with van der Waals surface area (Å²) in [5.74, 6) is -0.836. The third-order valence-corrected chi connectivity index (χ3v) is 3.51. The number of methoxy groups -OCH3 is 1. The van der Waals surface area contributed by atoms with Crippen LogP contribution in [0.15, 0.2) is 54.6 Å². The van der Waals surface area contributed by atoms with E-state index in [0.717, 1.165) is 12.1 Å². The van der Waals surface area contributed by atoms with E-state index in [1.165, 1.54) is 25.3 Å². The number of amides is 1. The minimum Gasteiger partial charge on any atom is -0.465 e. The van der Waals surface area contributed by atoms with Gasteiger partial charge in [0, 0.05) is 12.6 Å². The molecule has 0 bridgehead atoms. The molecule has 2 rings (SSSR count). The highest BCUT2D eigenvalue weighted by Crippen LogP contribution is 2.29. The lowest BCUT2D eigenvalue weighted by Gasteiger charge is -2.07. The van der Waals surface area contributed by atoms with Gasteiger partial charge >= 0.3 is 12.1 Å². The Morgan fingerprint density at radius 1 is 1.04 bits per heavy atom. The largest absolute Gasteiger partial charge is 0.465 e. The molecule has 7 heteroatoms. The predicted octanol–water partition coefficient (Wildman–Crippen LogP) is 3.82. The fourth-order valence-corrected chi connectivity index (χ4v) is 2.08. The summed E-state index contributed by atoms with van der Waals surface area (Å²) < 4.78 is 42.0. The highest BCUT2D eigenvalue weighted by Gasteiger charge is 2.29. The first-order chi connectivity index (χ1) is 12.3. The summed E-state index contributed by atoms with van der Waals surface area (Å²) in [6, 6.07) is 11.0. The Bertz CT molecular complexity index is 794. The lowest BCUT2D eigenvalue weighted by Crippen LogP contribution is -2.20. The molecular weight excluding hydrogens is 347 g/mol. The van der Waals surface area contributed by atoms with E-state index in [1.54, 1.807) is 30.3 Å². The van der Waals surface area contributed by atoms with E-state index in [9.17, 15) is 22.8 Å². The van der Waals surface area contributed by atoms with Crippen LogP contribution < -0.4 is 5.32 Å². The van der Waals surface area contributed by atoms with Gasteiger partial charge in [-0.1, -0.05) is 24.3 Å². The van der Waals surface area contributed by atoms with Crippen LogP contribution >= 0.6 is 0 Å². The van der Waals surface area contributed by atoms with Crippen molar-refractivity contribution < 1.29 is 27.5 Å². The number of ether oxygens (including phenoxy) is 1. The molecule has 0 aliphatic carbocycles. The maximum atomic E-state index is 12.5. The number of rotatable bonds is 5. The van der Waals surface area contributed by atoms with Crippen molar-refractivity contribution in [2.75, 3.05) is 7.11 Å². The average molecular weight is 363 g/mol. The molecule has 4 nitrogen and oxygen atoms in total. The Labute approximate surface area is 148 Å². The van der Waals surface area contributed by atoms with Gasteiger partial charge in [-0.2, -0.15) is 13.2 Å². The summed E-state index contributed by atoms with van der Waals surface area (Å²) >= 11 is 0. The fraction of sp³-hybridized carbons (Fsp3) is 0.158. The van der Waals surface area contributed by atoms with E-state index < -0.39 is 17.7 Å². The number of nitrogens with one attached hydrogen (secondary N) is 1. The molecule has 0 radical (unpaired) electrons. The Balaban J connectivity index is 1.88. The molecule has 0 saturated carbocycles. The molecular formula is C19H16F3NO3. The second-order valence-electron chi connectivity index (χ2n) is 5.36. The summed E-state index contributed by atoms with van der Waals surface area (Å²) in [4.78, 5) is 23.1. The van der Waals surface area contributed by atoms with E-state index in [-0.39, 0.29) is 12.5 Å². The van der Waals surface area contributed by atoms with Crippen LogP contribution in [0, 0.1) is 0 Å². The smallest absolute Gasteiger partial charge is 0.416 e. The molecule has 136 valence electrons. The minimum absolute atomic E-state index is 0.114. The third kappa shape index (κ3) is 5.47. The van der Waals surface area contributed by atoms with Gasteiger partial charge in [0.25, 0.3) is 0 Å². The summed E-state index contributed by atoms with van der Waals surface area (Å²) in [7, 11) is 1.29. The zero-order chi connectivity index (χ0) is 19.2. The summed E-state index contributed by atoms with van der Waals surface area (Å²) in [5.41, 5.74) is 0.934. The number of hydrogen-bond acceptors (Lipinski definition) is 3. The second kappa shape index (κ2) is 8.33. The van der Waals surface area contributed by atoms with Crippen molar-refractivity contribution in [1.82, 2.24) is 5.32 Å². The van der Waals surface area contributed by atoms with E-state index in [4.69, 9.17) is 0 Å². The van der Waals surface area contributed by atoms with Crippen molar-refractivity contribution in [3.05, 3.63) is 76.9 Å². The highest BCUT2D eigenvalue weighted by atomic mass is 19.4. The molecule has 1 amide bonds. The van der Waals surface area contributed by atoms with Gasteiger partial charge in [-0.05, 0) is 41.5 Å². The first-order valence-corrected chi connectivity index (χ1v) is 7.60. The number of hydrogen-bond donors (Lipinski definition) is 1. The minimum atomic E-state index is -4.38. The van der Waals surface area contributed by atoms with Gasteiger partial charge in [0.1, 0.15) is 0 Å². The molecule has 2 aromatic rings. The molecule has 0 atom stereocenters. The lowest BCUT2D eigenvalue weighted by molar-refractivity contribution is -0.137. The maximum Gasteiger partial charge on any atom is 0.416 e. The second-order valence-corrected chi connectivity index (χ2v) is 5.36. The first-order valence-electron chi connectivity index (χ1n) is 7.60. The summed E-state index contributed by atoms with van der Waals surface area (Å²) in [6.45, 7) is 0.114. The van der Waals surface area contributed by atoms with Crippen molar-refractivity contribution in [3.8, 4) is 0 Å². The van der Waals surface area contributed by atoms with Gasteiger partial charge in [0.15, 0.2) is 0 Å². The number of carbonyl (C=O) groups is 2. The van der Waals surface area contributed by atoms with Gasteiger partial charge in [0.05, 0.1) is 18.2 Å². The van der Waals surface area contributed by atoms with Crippen LogP contribution in [0.4, 0.5) is 13.2 Å². The maximum absolute atomic E-state index is 12.5. The molecule has 2 aromatic carbocycles. The Morgan fingerprint density at radius 3 is 2.19 bits per heavy atom. The summed E-state index contributed by atoms with van der Waals surface area (Å²) in [6.07, 6.45) is -1.52. The van der Waals surface area contributed by atoms with Crippen LogP contribution in [-0.4, -0.2) is 19.0 Å². The van der Waals surface area contributed by atoms with Crippen LogP contribution in [0.3, 0.4) is 0 Å². The van der Waals surface area contributed by atoms with Crippen molar-refractivity contribution in [1.29, 1.82) is 0 Å². The summed E-state index contributed by atoms with van der Waals surface area (Å²) in [5, 5.41) is 2.59. The number of halogens is 3. The lowest BCUT2D eigenvalue weighted by atomic mass is 10.1. The number of benzene rings is 2. The van der Waals surface area contributed by atoms with E-state index in [2.05, 4.69) is 10.1 Å². The fourth-order valence-electron chi connectivity index (χ4n) is 2.08. The standard InChI is InChI=1S/C19H16F3NO3/c1-26-18(25)15-7-2-13(3-8-15)6-11-17(24)23-12-14-4-9-16(10-5-14)19(20,21)22/h2-11H,12H2,1H3,(H,23,24)/b11-6+. The molecule has 0 spiro atoms. The highest BCUT2D eigenvalue weighted by molar-refractivity contribution is 5.92. The molecule has 0 unspecified atom stereocenters. The monoisotopic (exact) mass is 363 g/mol. The predicted molar refractivity (Wildman–Crippen MR) is 90.1 cm³/mol. The molecule has 26 heavy (non-hydrogen) atoms. The van der Waals surface area contributed by atoms with Gasteiger partial charge in [-0.15, -0.1) is 0 Å². The van der Waals surface area contributed by atoms with Crippen molar-refractivity contribution in [2.24, 2.45) is 0 Å². The zero-order valence-electron chi connectivity index (χ0n) is 13.8. The Kier molecular flexibility index (Phi) is 6.16. The van der Waals surface area contributed by atoms with Gasteiger partial charge in [0.2, 0.25) is 5.91 Å². The van der Waals surface area contributed by atoms with Crippen LogP contribution in [0.1, 0.15) is 27.0 Å². The number of carbonyl (C=O) groups excluding carboxylic acids is 2. The van der Waals surface area contributed by atoms with Crippen LogP contribution in [0.5, 0.6) is 0 Å². The van der Waals surface area contributed by atoms with Gasteiger partial charge < -0.3 is 10.1 Å². The first kappa shape index (κ1) is 19.2. The van der Waals surface area contributed by atoms with Crippen LogP contribution in [0.2, 0.25) is 0 Å². The van der Waals surface area contributed by atoms with Crippen molar-refractivity contribution in [3.63, 3.8) is 0 Å². The van der Waals surface area contributed by atoms with E-state index >= 15 is 0 Å². The molecule has 1 N–H and O–H groups in total. The third-order valence-electron chi connectivity index (χ3n) is 3.51. The quantitative estimate of drug-likeness (QED) is 0.649. The van der Waals surface area contributed by atoms with E-state index in [1.807, 2.05) is 0 Å². The molecule has 0 saturated heterocycles. The van der Waals surface area contributed by atoms with Crippen molar-refractivity contribution in [2.45, 2.75) is 12.7 Å². The molecule has 0 aliphatic rings. The van der Waals surface area contributed by atoms with Crippen LogP contribution in [-0.2, 0) is 22.3 Å². The SMILES string of the molecule is COC(=O)c1ccc(/C=C/C(=O)NCc2ccc(C(F)(F)F)cc2)cc1. The molecule has 0 heterocycles. The molecule has 0 fully saturated rings.